The van der Waals surface area contributed by atoms with Gasteiger partial charge in [0.15, 0.2) is 6.10 Å². The van der Waals surface area contributed by atoms with Gasteiger partial charge in [0, 0.05) is 19.3 Å². The smallest absolute Gasteiger partial charge is 0.306 e. The topological polar surface area (TPSA) is 102 Å². The van der Waals surface area contributed by atoms with Crippen LogP contribution in [0.1, 0.15) is 200 Å². The number of nitrogens with zero attached hydrogens (tertiary/aromatic N) is 1. The molecule has 0 aliphatic carbocycles. The van der Waals surface area contributed by atoms with E-state index in [9.17, 15) is 19.5 Å². The van der Waals surface area contributed by atoms with E-state index < -0.39 is 18.1 Å². The number of esters is 2. The van der Waals surface area contributed by atoms with E-state index >= 15 is 0 Å². The number of carboxylic acid groups (broad SMARTS) is 1. The SMILES string of the molecule is CC/C=C\C/C=C\C/C=C\CCCCCCCC(=O)OC(COCCC(C(=O)[O-])[N+](C)(C)C)COC(=O)CCCCCCCCCCC/C=C\C/C=C\CCCCCCC. The van der Waals surface area contributed by atoms with Crippen LogP contribution < -0.4 is 5.11 Å². The van der Waals surface area contributed by atoms with E-state index in [0.29, 0.717) is 12.8 Å². The van der Waals surface area contributed by atoms with Crippen LogP contribution in [-0.4, -0.2) is 75.5 Å². The fourth-order valence-electron chi connectivity index (χ4n) is 6.88. The predicted molar refractivity (Wildman–Crippen MR) is 249 cm³/mol. The first-order chi connectivity index (χ1) is 29.1. The number of carboxylic acids is 1. The summed E-state index contributed by atoms with van der Waals surface area (Å²) < 4.78 is 17.2. The van der Waals surface area contributed by atoms with Crippen molar-refractivity contribution in [3.63, 3.8) is 0 Å². The van der Waals surface area contributed by atoms with Gasteiger partial charge in [-0.05, 0) is 77.0 Å². The van der Waals surface area contributed by atoms with Crippen molar-refractivity contribution in [3.8, 4) is 0 Å². The number of likely N-dealkylation sites (N-methyl/N-ethyl adjacent to an activating group) is 1. The molecule has 0 aliphatic rings. The van der Waals surface area contributed by atoms with Crippen molar-refractivity contribution in [2.24, 2.45) is 0 Å². The first kappa shape index (κ1) is 57.0. The molecule has 0 amide bonds. The second-order valence-corrected chi connectivity index (χ2v) is 17.3. The van der Waals surface area contributed by atoms with Gasteiger partial charge in [-0.1, -0.05) is 164 Å². The zero-order valence-corrected chi connectivity index (χ0v) is 39.4. The Morgan fingerprint density at radius 3 is 1.38 bits per heavy atom. The Balaban J connectivity index is 4.28. The van der Waals surface area contributed by atoms with E-state index in [0.717, 1.165) is 83.5 Å². The lowest BCUT2D eigenvalue weighted by Gasteiger charge is -2.34. The molecule has 0 rings (SSSR count). The van der Waals surface area contributed by atoms with Crippen LogP contribution in [0.3, 0.4) is 0 Å². The standard InChI is InChI=1S/C52H91NO7/c1-6-8-10-12-14-16-18-20-22-23-24-25-26-27-29-30-32-34-36-38-40-42-50(54)59-47-48(46-58-45-44-49(52(56)57)53(3,4)5)60-51(55)43-41-39-37-35-33-31-28-21-19-17-15-13-11-9-7-2/h9,11,15,17-18,20-21,23-24,28,48-49H,6-8,10,12-14,16,19,22,25-27,29-47H2,1-5H3/b11-9-,17-15-,20-18-,24-23-,28-21-. The van der Waals surface area contributed by atoms with Crippen LogP contribution in [0, 0.1) is 0 Å². The molecule has 0 radical (unpaired) electrons. The lowest BCUT2D eigenvalue weighted by molar-refractivity contribution is -0.889. The fourth-order valence-corrected chi connectivity index (χ4v) is 6.88. The number of rotatable bonds is 43. The number of carbonyl (C=O) groups is 3. The van der Waals surface area contributed by atoms with E-state index in [-0.39, 0.29) is 42.7 Å². The van der Waals surface area contributed by atoms with Gasteiger partial charge in [-0.2, -0.15) is 0 Å². The molecule has 8 heteroatoms. The Labute approximate surface area is 368 Å². The van der Waals surface area contributed by atoms with Crippen molar-refractivity contribution >= 4 is 17.9 Å². The molecule has 346 valence electrons. The quantitative estimate of drug-likeness (QED) is 0.0261. The predicted octanol–water partition coefficient (Wildman–Crippen LogP) is 12.4. The van der Waals surface area contributed by atoms with E-state index in [4.69, 9.17) is 14.2 Å². The summed E-state index contributed by atoms with van der Waals surface area (Å²) in [5, 5.41) is 11.6. The van der Waals surface area contributed by atoms with Gasteiger partial charge >= 0.3 is 11.9 Å². The summed E-state index contributed by atoms with van der Waals surface area (Å²) in [6, 6.07) is -0.732. The first-order valence-electron chi connectivity index (χ1n) is 24.3. The van der Waals surface area contributed by atoms with Crippen LogP contribution >= 0.6 is 0 Å². The molecule has 60 heavy (non-hydrogen) atoms. The number of unbranched alkanes of at least 4 members (excludes halogenated alkanes) is 19. The van der Waals surface area contributed by atoms with E-state index in [2.05, 4.69) is 74.6 Å². The van der Waals surface area contributed by atoms with Gasteiger partial charge in [-0.15, -0.1) is 0 Å². The number of ether oxygens (including phenoxy) is 3. The minimum Gasteiger partial charge on any atom is -0.544 e. The molecule has 0 bridgehead atoms. The number of carbonyl (C=O) groups excluding carboxylic acids is 3. The van der Waals surface area contributed by atoms with E-state index in [1.165, 1.54) is 83.5 Å². The van der Waals surface area contributed by atoms with Gasteiger partial charge in [0.2, 0.25) is 0 Å². The molecule has 0 spiro atoms. The maximum Gasteiger partial charge on any atom is 0.306 e. The Hall–Kier alpha value is -2.97. The maximum absolute atomic E-state index is 12.7. The van der Waals surface area contributed by atoms with Crippen molar-refractivity contribution in [2.75, 3.05) is 41.0 Å². The average Bonchev–Trinajstić information content (AvgIpc) is 3.21. The Kier molecular flexibility index (Phi) is 40.6. The highest BCUT2D eigenvalue weighted by molar-refractivity contribution is 5.70. The van der Waals surface area contributed by atoms with Gasteiger partial charge < -0.3 is 28.6 Å². The molecule has 0 aromatic carbocycles. The monoisotopic (exact) mass is 842 g/mol. The number of hydrogen-bond acceptors (Lipinski definition) is 7. The molecule has 0 fully saturated rings. The highest BCUT2D eigenvalue weighted by atomic mass is 16.6. The third kappa shape index (κ3) is 40.4. The van der Waals surface area contributed by atoms with Crippen LogP contribution in [-0.2, 0) is 28.6 Å². The van der Waals surface area contributed by atoms with Crippen LogP contribution in [0.5, 0.6) is 0 Å². The van der Waals surface area contributed by atoms with Gasteiger partial charge in [0.25, 0.3) is 0 Å². The largest absolute Gasteiger partial charge is 0.544 e. The lowest BCUT2D eigenvalue weighted by atomic mass is 10.1. The van der Waals surface area contributed by atoms with Crippen LogP contribution in [0.15, 0.2) is 60.8 Å². The minimum absolute atomic E-state index is 0.0306. The van der Waals surface area contributed by atoms with Crippen molar-refractivity contribution in [3.05, 3.63) is 60.8 Å². The molecule has 2 unspecified atom stereocenters. The summed E-state index contributed by atoms with van der Waals surface area (Å²) in [6.45, 7) is 4.52. The summed E-state index contributed by atoms with van der Waals surface area (Å²) >= 11 is 0. The number of quaternary nitrogens is 1. The molecule has 0 aromatic heterocycles. The van der Waals surface area contributed by atoms with Crippen LogP contribution in [0.4, 0.5) is 0 Å². The van der Waals surface area contributed by atoms with E-state index in [1.54, 1.807) is 21.1 Å². The summed E-state index contributed by atoms with van der Waals surface area (Å²) in [4.78, 5) is 37.0. The molecule has 0 aliphatic heterocycles. The summed E-state index contributed by atoms with van der Waals surface area (Å²) in [5.74, 6) is -1.76. The van der Waals surface area contributed by atoms with E-state index in [1.807, 2.05) is 0 Å². The van der Waals surface area contributed by atoms with Gasteiger partial charge in [-0.25, -0.2) is 0 Å². The normalized spacial score (nSPS) is 13.4. The zero-order chi connectivity index (χ0) is 44.2. The maximum atomic E-state index is 12.7. The lowest BCUT2D eigenvalue weighted by Crippen LogP contribution is -2.55. The second kappa shape index (κ2) is 42.7. The third-order valence-electron chi connectivity index (χ3n) is 10.6. The number of hydrogen-bond donors (Lipinski definition) is 0. The van der Waals surface area contributed by atoms with Crippen molar-refractivity contribution in [1.29, 1.82) is 0 Å². The van der Waals surface area contributed by atoms with Crippen molar-refractivity contribution in [2.45, 2.75) is 212 Å². The second-order valence-electron chi connectivity index (χ2n) is 17.3. The van der Waals surface area contributed by atoms with Gasteiger partial charge in [0.05, 0.1) is 40.3 Å². The Bertz CT molecular complexity index is 1170. The van der Waals surface area contributed by atoms with Crippen LogP contribution in [0.25, 0.3) is 0 Å². The summed E-state index contributed by atoms with van der Waals surface area (Å²) in [7, 11) is 5.40. The molecule has 0 aromatic rings. The average molecular weight is 842 g/mol. The number of allylic oxidation sites excluding steroid dienone is 10. The third-order valence-corrected chi connectivity index (χ3v) is 10.6. The number of aliphatic carboxylic acids is 1. The van der Waals surface area contributed by atoms with Crippen molar-refractivity contribution < 1.29 is 38.2 Å². The summed E-state index contributed by atoms with van der Waals surface area (Å²) in [6.07, 6.45) is 52.5. The Morgan fingerprint density at radius 2 is 0.933 bits per heavy atom. The van der Waals surface area contributed by atoms with Crippen molar-refractivity contribution in [1.82, 2.24) is 0 Å². The van der Waals surface area contributed by atoms with Gasteiger partial charge in [0.1, 0.15) is 12.6 Å². The molecular formula is C52H91NO7. The first-order valence-corrected chi connectivity index (χ1v) is 24.3. The molecule has 0 saturated carbocycles. The molecule has 0 heterocycles. The van der Waals surface area contributed by atoms with Crippen LogP contribution in [0.2, 0.25) is 0 Å². The highest BCUT2D eigenvalue weighted by Gasteiger charge is 2.25. The fraction of sp³-hybridized carbons (Fsp3) is 0.750. The minimum atomic E-state index is -1.13. The molecule has 2 atom stereocenters. The van der Waals surface area contributed by atoms with Gasteiger partial charge in [-0.3, -0.25) is 9.59 Å². The molecule has 0 N–H and O–H groups in total. The molecule has 8 nitrogen and oxygen atoms in total. The highest BCUT2D eigenvalue weighted by Crippen LogP contribution is 2.14. The zero-order valence-electron chi connectivity index (χ0n) is 39.4. The Morgan fingerprint density at radius 1 is 0.517 bits per heavy atom. The summed E-state index contributed by atoms with van der Waals surface area (Å²) in [5.41, 5.74) is 0. The molecule has 0 saturated heterocycles. The molecular weight excluding hydrogens is 751 g/mol.